The van der Waals surface area contributed by atoms with Crippen molar-refractivity contribution in [2.45, 2.75) is 12.7 Å². The van der Waals surface area contributed by atoms with E-state index < -0.39 is 23.6 Å². The summed E-state index contributed by atoms with van der Waals surface area (Å²) in [6.07, 6.45) is -4.51. The highest BCUT2D eigenvalue weighted by Gasteiger charge is 2.30. The first-order valence-corrected chi connectivity index (χ1v) is 7.03. The molecule has 1 aromatic heterocycles. The van der Waals surface area contributed by atoms with E-state index in [1.165, 1.54) is 17.4 Å². The second-order valence-electron chi connectivity index (χ2n) is 4.29. The molecule has 0 aliphatic heterocycles. The van der Waals surface area contributed by atoms with Gasteiger partial charge in [-0.15, -0.1) is 11.3 Å². The highest BCUT2D eigenvalue weighted by atomic mass is 32.1. The Bertz CT molecular complexity index is 669. The van der Waals surface area contributed by atoms with Crippen LogP contribution in [0.1, 0.15) is 10.4 Å². The molecule has 0 unspecified atom stereocenters. The van der Waals surface area contributed by atoms with E-state index in [9.17, 15) is 22.8 Å². The average Bonchev–Trinajstić information content (AvgIpc) is 2.97. The number of rotatable bonds is 3. The molecule has 0 spiro atoms. The normalized spacial score (nSPS) is 11.0. The number of thiophene rings is 1. The van der Waals surface area contributed by atoms with Crippen LogP contribution in [0.2, 0.25) is 0 Å². The smallest absolute Gasteiger partial charge is 0.343 e. The second-order valence-corrected chi connectivity index (χ2v) is 5.33. The van der Waals surface area contributed by atoms with Crippen molar-refractivity contribution in [3.8, 4) is 0 Å². The molecule has 2 amide bonds. The maximum atomic E-state index is 12.6. The lowest BCUT2D eigenvalue weighted by molar-refractivity contribution is -0.137. The molecule has 116 valence electrons. The van der Waals surface area contributed by atoms with E-state index >= 15 is 0 Å². The van der Waals surface area contributed by atoms with Crippen LogP contribution in [-0.2, 0) is 22.3 Å². The minimum atomic E-state index is -4.51. The maximum Gasteiger partial charge on any atom is 0.416 e. The standard InChI is InChI=1S/C14H11F3N2O2S/c15-14(16,17)9-3-1-4-10(7-9)19-13(21)12(20)18-8-11-5-2-6-22-11/h1-7H,8H2,(H,18,20)(H,19,21). The molecule has 0 fully saturated rings. The molecule has 1 heterocycles. The van der Waals surface area contributed by atoms with Gasteiger partial charge in [0.1, 0.15) is 0 Å². The number of anilines is 1. The quantitative estimate of drug-likeness (QED) is 0.851. The number of hydrogen-bond donors (Lipinski definition) is 2. The highest BCUT2D eigenvalue weighted by Crippen LogP contribution is 2.30. The number of halogens is 3. The molecule has 2 N–H and O–H groups in total. The first kappa shape index (κ1) is 16.0. The minimum absolute atomic E-state index is 0.0916. The number of carbonyl (C=O) groups excluding carboxylic acids is 2. The van der Waals surface area contributed by atoms with Gasteiger partial charge in [0, 0.05) is 10.6 Å². The van der Waals surface area contributed by atoms with Crippen LogP contribution in [0.15, 0.2) is 41.8 Å². The Balaban J connectivity index is 1.95. The summed E-state index contributed by atoms with van der Waals surface area (Å²) in [6, 6.07) is 7.67. The summed E-state index contributed by atoms with van der Waals surface area (Å²) in [5.41, 5.74) is -0.990. The van der Waals surface area contributed by atoms with Crippen molar-refractivity contribution < 1.29 is 22.8 Å². The van der Waals surface area contributed by atoms with E-state index in [0.29, 0.717) is 0 Å². The van der Waals surface area contributed by atoms with Crippen LogP contribution in [0, 0.1) is 0 Å². The Labute approximate surface area is 128 Å². The van der Waals surface area contributed by atoms with E-state index in [4.69, 9.17) is 0 Å². The minimum Gasteiger partial charge on any atom is -0.343 e. The van der Waals surface area contributed by atoms with Crippen LogP contribution in [0.5, 0.6) is 0 Å². The fourth-order valence-corrected chi connectivity index (χ4v) is 2.27. The van der Waals surface area contributed by atoms with E-state index in [-0.39, 0.29) is 12.2 Å². The fraction of sp³-hybridized carbons (Fsp3) is 0.143. The average molecular weight is 328 g/mol. The molecule has 0 aliphatic rings. The fourth-order valence-electron chi connectivity index (χ4n) is 1.62. The Morgan fingerprint density at radius 3 is 2.50 bits per heavy atom. The van der Waals surface area contributed by atoms with Gasteiger partial charge in [0.05, 0.1) is 12.1 Å². The second kappa shape index (κ2) is 6.61. The van der Waals surface area contributed by atoms with Crippen molar-refractivity contribution >= 4 is 28.8 Å². The lowest BCUT2D eigenvalue weighted by Gasteiger charge is -2.09. The first-order valence-electron chi connectivity index (χ1n) is 6.15. The third-order valence-electron chi connectivity index (χ3n) is 2.66. The zero-order valence-corrected chi connectivity index (χ0v) is 11.9. The monoisotopic (exact) mass is 328 g/mol. The van der Waals surface area contributed by atoms with Gasteiger partial charge in [-0.3, -0.25) is 9.59 Å². The molecular weight excluding hydrogens is 317 g/mol. The summed E-state index contributed by atoms with van der Waals surface area (Å²) in [4.78, 5) is 24.1. The van der Waals surface area contributed by atoms with Crippen LogP contribution in [0.25, 0.3) is 0 Å². The summed E-state index contributed by atoms with van der Waals surface area (Å²) in [5, 5.41) is 6.35. The third-order valence-corrected chi connectivity index (χ3v) is 3.53. The van der Waals surface area contributed by atoms with Gasteiger partial charge in [0.15, 0.2) is 0 Å². The van der Waals surface area contributed by atoms with Crippen LogP contribution in [-0.4, -0.2) is 11.8 Å². The molecule has 2 rings (SSSR count). The molecule has 0 aliphatic carbocycles. The number of carbonyl (C=O) groups is 2. The van der Waals surface area contributed by atoms with Crippen molar-refractivity contribution in [1.29, 1.82) is 0 Å². The first-order chi connectivity index (χ1) is 10.4. The summed E-state index contributed by atoms with van der Waals surface area (Å²) in [5.74, 6) is -1.93. The SMILES string of the molecule is O=C(NCc1cccs1)C(=O)Nc1cccc(C(F)(F)F)c1. The van der Waals surface area contributed by atoms with Gasteiger partial charge in [0.25, 0.3) is 0 Å². The van der Waals surface area contributed by atoms with Crippen molar-refractivity contribution in [2.75, 3.05) is 5.32 Å². The molecule has 0 saturated carbocycles. The van der Waals surface area contributed by atoms with Gasteiger partial charge in [-0.05, 0) is 29.6 Å². The van der Waals surface area contributed by atoms with Crippen molar-refractivity contribution in [1.82, 2.24) is 5.32 Å². The number of hydrogen-bond acceptors (Lipinski definition) is 3. The molecule has 0 saturated heterocycles. The van der Waals surface area contributed by atoms with Gasteiger partial charge < -0.3 is 10.6 Å². The predicted octanol–water partition coefficient (Wildman–Crippen LogP) is 3.02. The summed E-state index contributed by atoms with van der Waals surface area (Å²) in [7, 11) is 0. The van der Waals surface area contributed by atoms with Gasteiger partial charge in [-0.25, -0.2) is 0 Å². The van der Waals surface area contributed by atoms with Crippen molar-refractivity contribution in [3.63, 3.8) is 0 Å². The summed E-state index contributed by atoms with van der Waals surface area (Å²) in [6.45, 7) is 0.187. The maximum absolute atomic E-state index is 12.6. The van der Waals surface area contributed by atoms with E-state index in [2.05, 4.69) is 10.6 Å². The van der Waals surface area contributed by atoms with E-state index in [0.717, 1.165) is 23.1 Å². The van der Waals surface area contributed by atoms with E-state index in [1.807, 2.05) is 5.38 Å². The lowest BCUT2D eigenvalue weighted by Crippen LogP contribution is -2.34. The molecule has 0 radical (unpaired) electrons. The largest absolute Gasteiger partial charge is 0.416 e. The highest BCUT2D eigenvalue weighted by molar-refractivity contribution is 7.09. The zero-order chi connectivity index (χ0) is 16.2. The van der Waals surface area contributed by atoms with Gasteiger partial charge in [-0.1, -0.05) is 12.1 Å². The Morgan fingerprint density at radius 1 is 1.09 bits per heavy atom. The van der Waals surface area contributed by atoms with Gasteiger partial charge in [0.2, 0.25) is 0 Å². The summed E-state index contributed by atoms with van der Waals surface area (Å²) < 4.78 is 37.7. The Hall–Kier alpha value is -2.35. The lowest BCUT2D eigenvalue weighted by atomic mass is 10.2. The molecule has 0 atom stereocenters. The van der Waals surface area contributed by atoms with Crippen LogP contribution < -0.4 is 10.6 Å². The Kier molecular flexibility index (Phi) is 4.81. The van der Waals surface area contributed by atoms with Gasteiger partial charge in [-0.2, -0.15) is 13.2 Å². The third kappa shape index (κ3) is 4.32. The summed E-state index contributed by atoms with van der Waals surface area (Å²) >= 11 is 1.41. The van der Waals surface area contributed by atoms with Crippen molar-refractivity contribution in [3.05, 3.63) is 52.2 Å². The number of benzene rings is 1. The van der Waals surface area contributed by atoms with Crippen LogP contribution in [0.4, 0.5) is 18.9 Å². The molecular formula is C14H11F3N2O2S. The number of alkyl halides is 3. The van der Waals surface area contributed by atoms with Gasteiger partial charge >= 0.3 is 18.0 Å². The number of nitrogens with one attached hydrogen (secondary N) is 2. The molecule has 22 heavy (non-hydrogen) atoms. The van der Waals surface area contributed by atoms with Crippen LogP contribution >= 0.6 is 11.3 Å². The van der Waals surface area contributed by atoms with E-state index in [1.54, 1.807) is 12.1 Å². The molecule has 8 heteroatoms. The Morgan fingerprint density at radius 2 is 1.86 bits per heavy atom. The topological polar surface area (TPSA) is 58.2 Å². The molecule has 1 aromatic carbocycles. The zero-order valence-electron chi connectivity index (χ0n) is 11.1. The molecule has 0 bridgehead atoms. The predicted molar refractivity (Wildman–Crippen MR) is 76.2 cm³/mol. The van der Waals surface area contributed by atoms with Crippen LogP contribution in [0.3, 0.4) is 0 Å². The van der Waals surface area contributed by atoms with Crippen molar-refractivity contribution in [2.24, 2.45) is 0 Å². The molecule has 4 nitrogen and oxygen atoms in total. The molecule has 2 aromatic rings. The number of amides is 2.